The molecule has 8 nitrogen and oxygen atoms in total. The van der Waals surface area contributed by atoms with Gasteiger partial charge in [0.1, 0.15) is 6.61 Å². The first-order valence-corrected chi connectivity index (χ1v) is 8.34. The summed E-state index contributed by atoms with van der Waals surface area (Å²) in [6, 6.07) is 4.54. The van der Waals surface area contributed by atoms with Gasteiger partial charge in [-0.1, -0.05) is 6.42 Å². The lowest BCUT2D eigenvalue weighted by Crippen LogP contribution is -2.34. The van der Waals surface area contributed by atoms with Crippen molar-refractivity contribution >= 4 is 23.2 Å². The van der Waals surface area contributed by atoms with Gasteiger partial charge in [-0.05, 0) is 32.0 Å². The number of nitrogens with one attached hydrogen (secondary N) is 1. The van der Waals surface area contributed by atoms with E-state index in [2.05, 4.69) is 10.2 Å². The number of anilines is 2. The quantitative estimate of drug-likeness (QED) is 0.635. The molecule has 0 bridgehead atoms. The average molecular weight is 334 g/mol. The van der Waals surface area contributed by atoms with E-state index in [0.717, 1.165) is 31.9 Å². The minimum Gasteiger partial charge on any atom is -0.447 e. The SMILES string of the molecule is O=C1OCCN1c1cc([N+](=O)[O-])ccc1NCCN1CCCCC1. The molecule has 0 saturated carbocycles. The van der Waals surface area contributed by atoms with Crippen LogP contribution in [0, 0.1) is 10.1 Å². The number of hydrogen-bond donors (Lipinski definition) is 1. The van der Waals surface area contributed by atoms with Crippen LogP contribution in [0.1, 0.15) is 19.3 Å². The van der Waals surface area contributed by atoms with Crippen LogP contribution in [0.2, 0.25) is 0 Å². The Balaban J connectivity index is 1.70. The molecule has 0 atom stereocenters. The van der Waals surface area contributed by atoms with Gasteiger partial charge in [0.25, 0.3) is 5.69 Å². The molecule has 8 heteroatoms. The van der Waals surface area contributed by atoms with Crippen molar-refractivity contribution in [1.29, 1.82) is 0 Å². The third kappa shape index (κ3) is 3.76. The molecule has 2 saturated heterocycles. The molecule has 24 heavy (non-hydrogen) atoms. The average Bonchev–Trinajstić information content (AvgIpc) is 3.02. The Morgan fingerprint density at radius 3 is 2.67 bits per heavy atom. The Bertz CT molecular complexity index is 616. The molecule has 1 amide bonds. The summed E-state index contributed by atoms with van der Waals surface area (Å²) in [5, 5.41) is 14.3. The number of ether oxygens (including phenoxy) is 1. The predicted octanol–water partition coefficient (Wildman–Crippen LogP) is 2.45. The molecule has 0 aliphatic carbocycles. The maximum atomic E-state index is 11.8. The topological polar surface area (TPSA) is 87.9 Å². The minimum absolute atomic E-state index is 0.0359. The maximum absolute atomic E-state index is 11.8. The van der Waals surface area contributed by atoms with Crippen LogP contribution in [-0.2, 0) is 4.74 Å². The summed E-state index contributed by atoms with van der Waals surface area (Å²) >= 11 is 0. The van der Waals surface area contributed by atoms with Crippen molar-refractivity contribution in [1.82, 2.24) is 4.90 Å². The molecule has 3 rings (SSSR count). The molecule has 2 aliphatic heterocycles. The van der Waals surface area contributed by atoms with Crippen LogP contribution < -0.4 is 10.2 Å². The number of piperidine rings is 1. The standard InChI is InChI=1S/C16H22N4O4/c21-16-19(10-11-24-16)15-12-13(20(22)23)4-5-14(15)17-6-9-18-7-2-1-3-8-18/h4-5,12,17H,1-3,6-11H2. The molecule has 0 radical (unpaired) electrons. The zero-order chi connectivity index (χ0) is 16.9. The second-order valence-electron chi connectivity index (χ2n) is 6.05. The Labute approximate surface area is 140 Å². The number of nitro groups is 1. The fourth-order valence-electron chi connectivity index (χ4n) is 3.15. The number of carbonyl (C=O) groups excluding carboxylic acids is 1. The number of hydrogen-bond acceptors (Lipinski definition) is 6. The second-order valence-corrected chi connectivity index (χ2v) is 6.05. The summed E-state index contributed by atoms with van der Waals surface area (Å²) in [5.41, 5.74) is 1.19. The molecule has 1 N–H and O–H groups in total. The summed E-state index contributed by atoms with van der Waals surface area (Å²) in [5.74, 6) is 0. The zero-order valence-corrected chi connectivity index (χ0v) is 13.6. The van der Waals surface area contributed by atoms with Crippen LogP contribution in [0.4, 0.5) is 21.9 Å². The monoisotopic (exact) mass is 334 g/mol. The van der Waals surface area contributed by atoms with E-state index in [0.29, 0.717) is 18.8 Å². The number of likely N-dealkylation sites (tertiary alicyclic amines) is 1. The van der Waals surface area contributed by atoms with Crippen molar-refractivity contribution in [2.75, 3.05) is 49.5 Å². The maximum Gasteiger partial charge on any atom is 0.414 e. The van der Waals surface area contributed by atoms with Crippen LogP contribution in [0.5, 0.6) is 0 Å². The zero-order valence-electron chi connectivity index (χ0n) is 13.6. The lowest BCUT2D eigenvalue weighted by molar-refractivity contribution is -0.384. The highest BCUT2D eigenvalue weighted by Crippen LogP contribution is 2.32. The first kappa shape index (κ1) is 16.5. The first-order valence-electron chi connectivity index (χ1n) is 8.34. The summed E-state index contributed by atoms with van der Waals surface area (Å²) in [6.45, 7) is 4.59. The molecular formula is C16H22N4O4. The van der Waals surface area contributed by atoms with E-state index in [4.69, 9.17) is 4.74 Å². The number of nitro benzene ring substituents is 1. The lowest BCUT2D eigenvalue weighted by atomic mass is 10.1. The summed E-state index contributed by atoms with van der Waals surface area (Å²) in [4.78, 5) is 26.2. The van der Waals surface area contributed by atoms with Gasteiger partial charge < -0.3 is 15.0 Å². The van der Waals surface area contributed by atoms with E-state index in [1.165, 1.54) is 36.3 Å². The van der Waals surface area contributed by atoms with Gasteiger partial charge in [-0.2, -0.15) is 0 Å². The van der Waals surface area contributed by atoms with Gasteiger partial charge in [0.05, 0.1) is 22.8 Å². The Morgan fingerprint density at radius 1 is 1.21 bits per heavy atom. The number of non-ortho nitro benzene ring substituents is 1. The number of cyclic esters (lactones) is 1. The highest BCUT2D eigenvalue weighted by Gasteiger charge is 2.27. The normalized spacial score (nSPS) is 18.5. The molecule has 2 heterocycles. The fraction of sp³-hybridized carbons (Fsp3) is 0.562. The van der Waals surface area contributed by atoms with E-state index in [1.54, 1.807) is 6.07 Å². The van der Waals surface area contributed by atoms with Crippen molar-refractivity contribution < 1.29 is 14.5 Å². The van der Waals surface area contributed by atoms with Crippen molar-refractivity contribution in [2.45, 2.75) is 19.3 Å². The number of rotatable bonds is 6. The molecule has 2 fully saturated rings. The van der Waals surface area contributed by atoms with Crippen molar-refractivity contribution in [2.24, 2.45) is 0 Å². The highest BCUT2D eigenvalue weighted by atomic mass is 16.6. The highest BCUT2D eigenvalue weighted by molar-refractivity contribution is 5.94. The Hall–Kier alpha value is -2.35. The van der Waals surface area contributed by atoms with Crippen LogP contribution in [-0.4, -0.2) is 55.2 Å². The van der Waals surface area contributed by atoms with Gasteiger partial charge in [-0.3, -0.25) is 15.0 Å². The van der Waals surface area contributed by atoms with E-state index in [9.17, 15) is 14.9 Å². The summed E-state index contributed by atoms with van der Waals surface area (Å²) < 4.78 is 4.96. The van der Waals surface area contributed by atoms with Gasteiger partial charge >= 0.3 is 6.09 Å². The van der Waals surface area contributed by atoms with E-state index in [1.807, 2.05) is 0 Å². The van der Waals surface area contributed by atoms with Gasteiger partial charge in [0, 0.05) is 25.2 Å². The molecular weight excluding hydrogens is 312 g/mol. The Kier molecular flexibility index (Phi) is 5.14. The summed E-state index contributed by atoms with van der Waals surface area (Å²) in [6.07, 6.45) is 3.31. The number of amides is 1. The Morgan fingerprint density at radius 2 is 2.00 bits per heavy atom. The molecule has 0 unspecified atom stereocenters. The van der Waals surface area contributed by atoms with Gasteiger partial charge in [0.2, 0.25) is 0 Å². The van der Waals surface area contributed by atoms with E-state index in [-0.39, 0.29) is 5.69 Å². The van der Waals surface area contributed by atoms with Crippen LogP contribution in [0.15, 0.2) is 18.2 Å². The van der Waals surface area contributed by atoms with Crippen molar-refractivity contribution in [3.8, 4) is 0 Å². The lowest BCUT2D eigenvalue weighted by Gasteiger charge is -2.27. The predicted molar refractivity (Wildman–Crippen MR) is 90.6 cm³/mol. The summed E-state index contributed by atoms with van der Waals surface area (Å²) in [7, 11) is 0. The molecule has 0 aromatic heterocycles. The second kappa shape index (κ2) is 7.48. The number of benzene rings is 1. The van der Waals surface area contributed by atoms with Crippen LogP contribution >= 0.6 is 0 Å². The number of carbonyl (C=O) groups is 1. The molecule has 0 spiro atoms. The fourth-order valence-corrected chi connectivity index (χ4v) is 3.15. The number of nitrogens with zero attached hydrogens (tertiary/aromatic N) is 3. The van der Waals surface area contributed by atoms with E-state index < -0.39 is 11.0 Å². The molecule has 1 aromatic rings. The van der Waals surface area contributed by atoms with Gasteiger partial charge in [-0.25, -0.2) is 4.79 Å². The molecule has 2 aliphatic rings. The molecule has 1 aromatic carbocycles. The van der Waals surface area contributed by atoms with Crippen molar-refractivity contribution in [3.05, 3.63) is 28.3 Å². The van der Waals surface area contributed by atoms with E-state index >= 15 is 0 Å². The third-order valence-electron chi connectivity index (χ3n) is 4.44. The van der Waals surface area contributed by atoms with Crippen LogP contribution in [0.3, 0.4) is 0 Å². The van der Waals surface area contributed by atoms with Crippen molar-refractivity contribution in [3.63, 3.8) is 0 Å². The minimum atomic E-state index is -0.463. The third-order valence-corrected chi connectivity index (χ3v) is 4.44. The smallest absolute Gasteiger partial charge is 0.414 e. The van der Waals surface area contributed by atoms with Gasteiger partial charge in [-0.15, -0.1) is 0 Å². The van der Waals surface area contributed by atoms with Crippen LogP contribution in [0.25, 0.3) is 0 Å². The molecule has 130 valence electrons. The largest absolute Gasteiger partial charge is 0.447 e. The van der Waals surface area contributed by atoms with Gasteiger partial charge in [0.15, 0.2) is 0 Å². The first-order chi connectivity index (χ1) is 11.6.